The normalized spacial score (nSPS) is 12.5. The molecule has 0 N–H and O–H groups in total. The summed E-state index contributed by atoms with van der Waals surface area (Å²) in [5.41, 5.74) is 8.83. The lowest BCUT2D eigenvalue weighted by molar-refractivity contribution is 1.17. The maximum atomic E-state index is 4.65. The van der Waals surface area contributed by atoms with Crippen molar-refractivity contribution < 1.29 is 0 Å². The second kappa shape index (κ2) is 5.06. The average molecular weight is 332 g/mol. The van der Waals surface area contributed by atoms with Crippen LogP contribution in [0, 0.1) is 0 Å². The number of fused-ring (bicyclic) bond motifs is 6. The smallest absolute Gasteiger partial charge is 0.0740 e. The van der Waals surface area contributed by atoms with Gasteiger partial charge in [-0.25, -0.2) is 0 Å². The molecule has 122 valence electrons. The first-order valence-electron chi connectivity index (χ1n) is 8.96. The van der Waals surface area contributed by atoms with Crippen LogP contribution < -0.4 is 0 Å². The molecular formula is C24H16N2. The van der Waals surface area contributed by atoms with Gasteiger partial charge in [0.1, 0.15) is 0 Å². The number of hydrogen-bond donors (Lipinski definition) is 0. The molecule has 0 bridgehead atoms. The molecule has 0 unspecified atom stereocenters. The lowest BCUT2D eigenvalue weighted by atomic mass is 10.0. The molecule has 2 aromatic heterocycles. The second-order valence-corrected chi connectivity index (χ2v) is 6.90. The summed E-state index contributed by atoms with van der Waals surface area (Å²) in [5.74, 6) is 0. The minimum Gasteiger partial charge on any atom is -0.309 e. The third-order valence-electron chi connectivity index (χ3n) is 5.44. The van der Waals surface area contributed by atoms with Gasteiger partial charge in [-0.15, -0.1) is 0 Å². The zero-order chi connectivity index (χ0) is 17.1. The first kappa shape index (κ1) is 13.9. The van der Waals surface area contributed by atoms with E-state index in [9.17, 15) is 0 Å². The van der Waals surface area contributed by atoms with Crippen LogP contribution >= 0.6 is 0 Å². The van der Waals surface area contributed by atoms with E-state index in [1.807, 2.05) is 12.3 Å². The van der Waals surface area contributed by atoms with Crippen LogP contribution in [0.3, 0.4) is 0 Å². The van der Waals surface area contributed by atoms with Crippen LogP contribution in [0.4, 0.5) is 0 Å². The van der Waals surface area contributed by atoms with Gasteiger partial charge in [0.25, 0.3) is 0 Å². The molecular weight excluding hydrogens is 316 g/mol. The SMILES string of the molecule is c1ccc(-n2c3ccccc3c3cc4c(cc32)Cc2cccnc2-4)cc1. The van der Waals surface area contributed by atoms with Crippen LogP contribution in [0.2, 0.25) is 0 Å². The number of para-hydroxylation sites is 2. The average Bonchev–Trinajstić information content (AvgIpc) is 3.22. The van der Waals surface area contributed by atoms with Gasteiger partial charge in [0, 0.05) is 34.6 Å². The van der Waals surface area contributed by atoms with Gasteiger partial charge in [-0.3, -0.25) is 4.98 Å². The quantitative estimate of drug-likeness (QED) is 0.375. The molecule has 6 rings (SSSR count). The molecule has 0 aliphatic heterocycles. The Bertz CT molecular complexity index is 1300. The Morgan fingerprint density at radius 1 is 0.692 bits per heavy atom. The van der Waals surface area contributed by atoms with E-state index < -0.39 is 0 Å². The highest BCUT2D eigenvalue weighted by atomic mass is 15.0. The first-order chi connectivity index (χ1) is 12.9. The van der Waals surface area contributed by atoms with Crippen molar-refractivity contribution in [2.75, 3.05) is 0 Å². The van der Waals surface area contributed by atoms with E-state index >= 15 is 0 Å². The highest BCUT2D eigenvalue weighted by molar-refractivity contribution is 6.11. The fourth-order valence-electron chi connectivity index (χ4n) is 4.31. The minimum atomic E-state index is 0.963. The van der Waals surface area contributed by atoms with E-state index in [1.54, 1.807) is 0 Å². The summed E-state index contributed by atoms with van der Waals surface area (Å²) >= 11 is 0. The second-order valence-electron chi connectivity index (χ2n) is 6.90. The molecule has 5 aromatic rings. The van der Waals surface area contributed by atoms with Gasteiger partial charge in [-0.05, 0) is 47.5 Å². The van der Waals surface area contributed by atoms with E-state index in [0.29, 0.717) is 0 Å². The number of benzene rings is 3. The van der Waals surface area contributed by atoms with Crippen molar-refractivity contribution >= 4 is 21.8 Å². The minimum absolute atomic E-state index is 0.963. The molecule has 0 saturated heterocycles. The predicted octanol–water partition coefficient (Wildman–Crippen LogP) is 5.75. The Labute approximate surface area is 151 Å². The summed E-state index contributed by atoms with van der Waals surface area (Å²) in [5, 5.41) is 2.58. The van der Waals surface area contributed by atoms with E-state index in [2.05, 4.69) is 82.3 Å². The Kier molecular flexibility index (Phi) is 2.69. The predicted molar refractivity (Wildman–Crippen MR) is 107 cm³/mol. The molecule has 2 heterocycles. The van der Waals surface area contributed by atoms with Gasteiger partial charge in [0.05, 0.1) is 16.7 Å². The zero-order valence-corrected chi connectivity index (χ0v) is 14.2. The van der Waals surface area contributed by atoms with Crippen LogP contribution in [-0.4, -0.2) is 9.55 Å². The Balaban J connectivity index is 1.76. The van der Waals surface area contributed by atoms with Crippen molar-refractivity contribution in [3.05, 3.63) is 96.2 Å². The van der Waals surface area contributed by atoms with Crippen LogP contribution in [0.25, 0.3) is 38.8 Å². The fraction of sp³-hybridized carbons (Fsp3) is 0.0417. The summed E-state index contributed by atoms with van der Waals surface area (Å²) in [6, 6.07) is 28.2. The van der Waals surface area contributed by atoms with Crippen LogP contribution in [0.15, 0.2) is 85.1 Å². The first-order valence-corrected chi connectivity index (χ1v) is 8.96. The number of rotatable bonds is 1. The monoisotopic (exact) mass is 332 g/mol. The molecule has 0 radical (unpaired) electrons. The van der Waals surface area contributed by atoms with Crippen LogP contribution in [-0.2, 0) is 6.42 Å². The Morgan fingerprint density at radius 2 is 1.54 bits per heavy atom. The molecule has 0 fully saturated rings. The third kappa shape index (κ3) is 1.79. The van der Waals surface area contributed by atoms with E-state index in [-0.39, 0.29) is 0 Å². The van der Waals surface area contributed by atoms with Gasteiger partial charge in [0.2, 0.25) is 0 Å². The van der Waals surface area contributed by atoms with Crippen molar-refractivity contribution in [1.29, 1.82) is 0 Å². The summed E-state index contributed by atoms with van der Waals surface area (Å²) in [4.78, 5) is 4.65. The lowest BCUT2D eigenvalue weighted by Gasteiger charge is -2.08. The number of nitrogens with zero attached hydrogens (tertiary/aromatic N) is 2. The topological polar surface area (TPSA) is 17.8 Å². The summed E-state index contributed by atoms with van der Waals surface area (Å²) in [7, 11) is 0. The summed E-state index contributed by atoms with van der Waals surface area (Å²) < 4.78 is 2.38. The lowest BCUT2D eigenvalue weighted by Crippen LogP contribution is -1.93. The molecule has 0 amide bonds. The highest BCUT2D eigenvalue weighted by Gasteiger charge is 2.22. The molecule has 2 nitrogen and oxygen atoms in total. The van der Waals surface area contributed by atoms with Gasteiger partial charge >= 0.3 is 0 Å². The molecule has 1 aliphatic rings. The third-order valence-corrected chi connectivity index (χ3v) is 5.44. The maximum absolute atomic E-state index is 4.65. The van der Waals surface area contributed by atoms with Gasteiger partial charge < -0.3 is 4.57 Å². The number of hydrogen-bond acceptors (Lipinski definition) is 1. The standard InChI is InChI=1S/C24H16N2/c1-2-8-18(9-3-1)26-22-11-5-4-10-19(22)21-15-20-17(14-23(21)26)13-16-7-6-12-25-24(16)20/h1-12,14-15H,13H2. The van der Waals surface area contributed by atoms with Gasteiger partial charge in [0.15, 0.2) is 0 Å². The number of aromatic nitrogens is 2. The zero-order valence-electron chi connectivity index (χ0n) is 14.2. The van der Waals surface area contributed by atoms with Crippen molar-refractivity contribution in [2.45, 2.75) is 6.42 Å². The van der Waals surface area contributed by atoms with Crippen molar-refractivity contribution in [3.63, 3.8) is 0 Å². The van der Waals surface area contributed by atoms with Gasteiger partial charge in [-0.1, -0.05) is 42.5 Å². The van der Waals surface area contributed by atoms with E-state index in [4.69, 9.17) is 0 Å². The molecule has 0 saturated carbocycles. The van der Waals surface area contributed by atoms with Crippen molar-refractivity contribution in [1.82, 2.24) is 9.55 Å². The van der Waals surface area contributed by atoms with E-state index in [1.165, 1.54) is 44.2 Å². The molecule has 3 aromatic carbocycles. The number of pyridine rings is 1. The summed E-state index contributed by atoms with van der Waals surface area (Å²) in [6.07, 6.45) is 2.86. The van der Waals surface area contributed by atoms with Crippen molar-refractivity contribution in [3.8, 4) is 16.9 Å². The molecule has 2 heteroatoms. The van der Waals surface area contributed by atoms with E-state index in [0.717, 1.165) is 12.1 Å². The van der Waals surface area contributed by atoms with Gasteiger partial charge in [-0.2, -0.15) is 0 Å². The maximum Gasteiger partial charge on any atom is 0.0740 e. The molecule has 0 spiro atoms. The molecule has 0 atom stereocenters. The fourth-order valence-corrected chi connectivity index (χ4v) is 4.31. The largest absolute Gasteiger partial charge is 0.309 e. The highest BCUT2D eigenvalue weighted by Crippen LogP contribution is 2.41. The molecule has 26 heavy (non-hydrogen) atoms. The summed E-state index contributed by atoms with van der Waals surface area (Å²) in [6.45, 7) is 0. The molecule has 1 aliphatic carbocycles. The van der Waals surface area contributed by atoms with Crippen LogP contribution in [0.1, 0.15) is 11.1 Å². The Morgan fingerprint density at radius 3 is 2.46 bits per heavy atom. The van der Waals surface area contributed by atoms with Crippen molar-refractivity contribution in [2.24, 2.45) is 0 Å². The Hall–Kier alpha value is -3.39. The van der Waals surface area contributed by atoms with Crippen LogP contribution in [0.5, 0.6) is 0 Å².